The van der Waals surface area contributed by atoms with Crippen LogP contribution in [-0.4, -0.2) is 0 Å². The summed E-state index contributed by atoms with van der Waals surface area (Å²) >= 11 is 0. The van der Waals surface area contributed by atoms with Gasteiger partial charge in [0.25, 0.3) is 0 Å². The Bertz CT molecular complexity index is 86.0. The van der Waals surface area contributed by atoms with Crippen LogP contribution in [0.3, 0.4) is 0 Å². The van der Waals surface area contributed by atoms with Crippen LogP contribution >= 0.6 is 0 Å². The van der Waals surface area contributed by atoms with Gasteiger partial charge in [0.05, 0.1) is 0 Å². The minimum Gasteiger partial charge on any atom is -0.0625 e. The fraction of sp³-hybridized carbons (Fsp3) is 1.00. The highest BCUT2D eigenvalue weighted by Crippen LogP contribution is 2.32. The normalized spacial score (nSPS) is 45.0. The largest absolute Gasteiger partial charge is 0.0625 e. The average Bonchev–Trinajstić information content (AvgIpc) is 1.80. The Morgan fingerprint density at radius 2 is 1.56 bits per heavy atom. The lowest BCUT2D eigenvalue weighted by Gasteiger charge is -2.29. The molecule has 9 heavy (non-hydrogen) atoms. The molecule has 0 N–H and O–H groups in total. The van der Waals surface area contributed by atoms with E-state index in [1.807, 2.05) is 0 Å². The summed E-state index contributed by atoms with van der Waals surface area (Å²) in [5.41, 5.74) is 0. The van der Waals surface area contributed by atoms with Crippen LogP contribution in [0.1, 0.15) is 40.0 Å². The third kappa shape index (κ3) is 1.70. The van der Waals surface area contributed by atoms with Crippen LogP contribution in [0.4, 0.5) is 0 Å². The van der Waals surface area contributed by atoms with Gasteiger partial charge in [-0.2, -0.15) is 0 Å². The third-order valence-electron chi connectivity index (χ3n) is 2.86. The van der Waals surface area contributed by atoms with Crippen LogP contribution in [0.5, 0.6) is 0 Å². The Balaban J connectivity index is 2.35. The molecule has 0 bridgehead atoms. The van der Waals surface area contributed by atoms with Crippen molar-refractivity contribution in [3.05, 3.63) is 0 Å². The van der Waals surface area contributed by atoms with Gasteiger partial charge in [-0.25, -0.2) is 0 Å². The van der Waals surface area contributed by atoms with Crippen molar-refractivity contribution in [3.63, 3.8) is 0 Å². The Hall–Kier alpha value is 0. The molecule has 54 valence electrons. The van der Waals surface area contributed by atoms with E-state index in [1.54, 1.807) is 0 Å². The van der Waals surface area contributed by atoms with Crippen LogP contribution in [0.2, 0.25) is 0 Å². The zero-order valence-corrected chi connectivity index (χ0v) is 6.85. The van der Waals surface area contributed by atoms with Crippen LogP contribution < -0.4 is 0 Å². The first-order chi connectivity index (χ1) is 4.20. The summed E-state index contributed by atoms with van der Waals surface area (Å²) in [6.07, 6.45) is 4.38. The molecule has 0 spiro atoms. The monoisotopic (exact) mass is 126 g/mol. The second-order valence-electron chi connectivity index (χ2n) is 3.87. The van der Waals surface area contributed by atoms with E-state index in [0.717, 1.165) is 17.8 Å². The quantitative estimate of drug-likeness (QED) is 0.468. The molecule has 0 heterocycles. The van der Waals surface area contributed by atoms with Gasteiger partial charge >= 0.3 is 0 Å². The Kier molecular flexibility index (Phi) is 2.15. The Labute approximate surface area is 58.7 Å². The molecule has 1 fully saturated rings. The first kappa shape index (κ1) is 7.11. The second-order valence-corrected chi connectivity index (χ2v) is 3.87. The predicted octanol–water partition coefficient (Wildman–Crippen LogP) is 3.08. The number of hydrogen-bond donors (Lipinski definition) is 0. The zero-order valence-electron chi connectivity index (χ0n) is 6.85. The molecule has 1 unspecified atom stereocenters. The second kappa shape index (κ2) is 2.72. The van der Waals surface area contributed by atoms with Gasteiger partial charge in [-0.1, -0.05) is 33.6 Å². The number of hydrogen-bond acceptors (Lipinski definition) is 0. The van der Waals surface area contributed by atoms with Crippen LogP contribution in [0, 0.1) is 17.8 Å². The fourth-order valence-electron chi connectivity index (χ4n) is 1.82. The zero-order chi connectivity index (χ0) is 6.85. The van der Waals surface area contributed by atoms with E-state index in [4.69, 9.17) is 0 Å². The van der Waals surface area contributed by atoms with E-state index in [9.17, 15) is 0 Å². The van der Waals surface area contributed by atoms with Crippen LogP contribution in [0.15, 0.2) is 0 Å². The molecular weight excluding hydrogens is 108 g/mol. The van der Waals surface area contributed by atoms with Crippen molar-refractivity contribution >= 4 is 0 Å². The van der Waals surface area contributed by atoms with E-state index in [1.165, 1.54) is 19.3 Å². The van der Waals surface area contributed by atoms with Gasteiger partial charge in [-0.05, 0) is 24.2 Å². The van der Waals surface area contributed by atoms with Crippen molar-refractivity contribution in [2.75, 3.05) is 0 Å². The maximum Gasteiger partial charge on any atom is -0.0414 e. The lowest BCUT2D eigenvalue weighted by atomic mass is 9.77. The molecule has 3 atom stereocenters. The highest BCUT2D eigenvalue weighted by Gasteiger charge is 2.20. The first-order valence-corrected chi connectivity index (χ1v) is 4.20. The van der Waals surface area contributed by atoms with Crippen molar-refractivity contribution in [2.24, 2.45) is 17.8 Å². The van der Waals surface area contributed by atoms with Gasteiger partial charge < -0.3 is 0 Å². The Morgan fingerprint density at radius 3 is 2.00 bits per heavy atom. The fourth-order valence-corrected chi connectivity index (χ4v) is 1.82. The molecule has 0 nitrogen and oxygen atoms in total. The maximum atomic E-state index is 2.39. The smallest absolute Gasteiger partial charge is 0.0414 e. The summed E-state index contributed by atoms with van der Waals surface area (Å²) in [6, 6.07) is 0. The molecule has 0 aromatic carbocycles. The molecule has 1 aliphatic rings. The van der Waals surface area contributed by atoms with Gasteiger partial charge in [0.2, 0.25) is 0 Å². The van der Waals surface area contributed by atoms with E-state index in [0.29, 0.717) is 0 Å². The summed E-state index contributed by atoms with van der Waals surface area (Å²) in [5, 5.41) is 0. The van der Waals surface area contributed by atoms with E-state index in [2.05, 4.69) is 20.8 Å². The van der Waals surface area contributed by atoms with Crippen molar-refractivity contribution in [2.45, 2.75) is 40.0 Å². The van der Waals surface area contributed by atoms with Gasteiger partial charge in [0.15, 0.2) is 0 Å². The lowest BCUT2D eigenvalue weighted by Crippen LogP contribution is -2.18. The molecule has 0 amide bonds. The summed E-state index contributed by atoms with van der Waals surface area (Å²) in [4.78, 5) is 0. The highest BCUT2D eigenvalue weighted by molar-refractivity contribution is 4.72. The molecule has 1 saturated carbocycles. The lowest BCUT2D eigenvalue weighted by molar-refractivity contribution is 0.220. The minimum absolute atomic E-state index is 0.980. The summed E-state index contributed by atoms with van der Waals surface area (Å²) in [6.45, 7) is 7.15. The summed E-state index contributed by atoms with van der Waals surface area (Å²) in [7, 11) is 0. The summed E-state index contributed by atoms with van der Waals surface area (Å²) in [5.74, 6) is 2.96. The molecule has 0 saturated heterocycles. The first-order valence-electron chi connectivity index (χ1n) is 4.20. The third-order valence-corrected chi connectivity index (χ3v) is 2.86. The van der Waals surface area contributed by atoms with Crippen molar-refractivity contribution in [3.8, 4) is 0 Å². The molecule has 0 radical (unpaired) electrons. The van der Waals surface area contributed by atoms with Crippen molar-refractivity contribution in [1.29, 1.82) is 0 Å². The SMILES string of the molecule is CC1CC[C@H](C)[C@@H](C)C1. The molecule has 0 aromatic rings. The number of rotatable bonds is 0. The van der Waals surface area contributed by atoms with Gasteiger partial charge in [0.1, 0.15) is 0 Å². The topological polar surface area (TPSA) is 0 Å². The molecule has 1 rings (SSSR count). The van der Waals surface area contributed by atoms with E-state index < -0.39 is 0 Å². The van der Waals surface area contributed by atoms with Crippen LogP contribution in [-0.2, 0) is 0 Å². The maximum absolute atomic E-state index is 2.39. The van der Waals surface area contributed by atoms with Gasteiger partial charge in [-0.15, -0.1) is 0 Å². The highest BCUT2D eigenvalue weighted by atomic mass is 14.3. The molecule has 0 aliphatic heterocycles. The van der Waals surface area contributed by atoms with E-state index in [-0.39, 0.29) is 0 Å². The summed E-state index contributed by atoms with van der Waals surface area (Å²) < 4.78 is 0. The van der Waals surface area contributed by atoms with Crippen molar-refractivity contribution in [1.82, 2.24) is 0 Å². The Morgan fingerprint density at radius 1 is 0.889 bits per heavy atom. The average molecular weight is 126 g/mol. The molecule has 1 aliphatic carbocycles. The molecule has 0 heteroatoms. The molecule has 0 aromatic heterocycles. The van der Waals surface area contributed by atoms with E-state index >= 15 is 0 Å². The van der Waals surface area contributed by atoms with Gasteiger partial charge in [0, 0.05) is 0 Å². The standard InChI is InChI=1S/C9H18/c1-7-4-5-8(2)9(3)6-7/h7-9H,4-6H2,1-3H3/t7?,8-,9-/m0/s1. The predicted molar refractivity (Wildman–Crippen MR) is 41.3 cm³/mol. The molecular formula is C9H18. The van der Waals surface area contributed by atoms with Crippen molar-refractivity contribution < 1.29 is 0 Å². The van der Waals surface area contributed by atoms with Crippen LogP contribution in [0.25, 0.3) is 0 Å². The minimum atomic E-state index is 0.980. The van der Waals surface area contributed by atoms with Gasteiger partial charge in [-0.3, -0.25) is 0 Å².